The van der Waals surface area contributed by atoms with Crippen LogP contribution in [0.4, 0.5) is 11.4 Å². The molecule has 36 heavy (non-hydrogen) atoms. The molecule has 0 atom stereocenters. The number of rotatable bonds is 7. The Morgan fingerprint density at radius 2 is 1.61 bits per heavy atom. The Bertz CT molecular complexity index is 1540. The highest BCUT2D eigenvalue weighted by molar-refractivity contribution is 6.11. The van der Waals surface area contributed by atoms with Crippen LogP contribution in [0.5, 0.6) is 0 Å². The number of tetrazole rings is 1. The fourth-order valence-electron chi connectivity index (χ4n) is 3.48. The lowest BCUT2D eigenvalue weighted by atomic mass is 10.2. The first-order valence-corrected chi connectivity index (χ1v) is 10.9. The van der Waals surface area contributed by atoms with Gasteiger partial charge in [-0.25, -0.2) is 4.68 Å². The van der Waals surface area contributed by atoms with E-state index in [1.807, 2.05) is 37.3 Å². The number of nitrogens with zero attached hydrogens (tertiary/aromatic N) is 10. The predicted octanol–water partition coefficient (Wildman–Crippen LogP) is 1.32. The maximum atomic E-state index is 12.9. The first-order valence-electron chi connectivity index (χ1n) is 10.9. The van der Waals surface area contributed by atoms with Gasteiger partial charge in [0.1, 0.15) is 5.69 Å². The van der Waals surface area contributed by atoms with Gasteiger partial charge in [0.15, 0.2) is 12.4 Å². The molecule has 5 rings (SSSR count). The van der Waals surface area contributed by atoms with Crippen molar-refractivity contribution in [1.82, 2.24) is 49.5 Å². The monoisotopic (exact) mass is 486 g/mol. The van der Waals surface area contributed by atoms with E-state index in [1.54, 1.807) is 37.2 Å². The summed E-state index contributed by atoms with van der Waals surface area (Å²) in [6.45, 7) is 2.00. The van der Waals surface area contributed by atoms with E-state index < -0.39 is 11.8 Å². The molecule has 0 unspecified atom stereocenters. The van der Waals surface area contributed by atoms with E-state index in [-0.39, 0.29) is 23.7 Å². The average molecular weight is 487 g/mol. The van der Waals surface area contributed by atoms with Crippen molar-refractivity contribution in [3.8, 4) is 11.4 Å². The van der Waals surface area contributed by atoms with Gasteiger partial charge < -0.3 is 10.6 Å². The number of benzene rings is 1. The first kappa shape index (κ1) is 22.6. The number of carbonyl (C=O) groups is 2. The first-order chi connectivity index (χ1) is 17.4. The molecule has 0 aliphatic rings. The number of aryl methyl sites for hydroxylation is 2. The number of hydrogen-bond acceptors (Lipinski definition) is 8. The van der Waals surface area contributed by atoms with Gasteiger partial charge in [0.2, 0.25) is 5.82 Å². The molecule has 0 bridgehead atoms. The fraction of sp³-hybridized carbons (Fsp3) is 0.182. The Balaban J connectivity index is 1.27. The van der Waals surface area contributed by atoms with E-state index in [0.717, 1.165) is 11.3 Å². The van der Waals surface area contributed by atoms with Gasteiger partial charge in [-0.05, 0) is 18.2 Å². The molecule has 4 aromatic heterocycles. The molecular weight excluding hydrogens is 464 g/mol. The van der Waals surface area contributed by atoms with Crippen LogP contribution in [0.2, 0.25) is 0 Å². The van der Waals surface area contributed by atoms with Gasteiger partial charge in [-0.2, -0.15) is 15.3 Å². The number of anilines is 2. The number of carbonyl (C=O) groups excluding carboxylic acids is 2. The summed E-state index contributed by atoms with van der Waals surface area (Å²) in [5.74, 6) is -0.437. The Morgan fingerprint density at radius 3 is 2.36 bits per heavy atom. The summed E-state index contributed by atoms with van der Waals surface area (Å²) in [5, 5.41) is 30.5. The number of aromatic nitrogens is 10. The summed E-state index contributed by atoms with van der Waals surface area (Å²) in [7, 11) is 3.39. The van der Waals surface area contributed by atoms with Crippen molar-refractivity contribution in [2.24, 2.45) is 14.1 Å². The summed E-state index contributed by atoms with van der Waals surface area (Å²) >= 11 is 0. The molecule has 1 aromatic carbocycles. The Kier molecular flexibility index (Phi) is 5.82. The van der Waals surface area contributed by atoms with Crippen LogP contribution in [0.25, 0.3) is 11.4 Å². The molecule has 14 nitrogen and oxygen atoms in total. The second kappa shape index (κ2) is 9.25. The number of nitrogens with one attached hydrogen (secondary N) is 2. The maximum Gasteiger partial charge on any atom is 0.276 e. The van der Waals surface area contributed by atoms with Gasteiger partial charge in [-0.1, -0.05) is 30.3 Å². The van der Waals surface area contributed by atoms with Crippen LogP contribution in [0.15, 0.2) is 55.0 Å². The number of amides is 2. The van der Waals surface area contributed by atoms with E-state index in [0.29, 0.717) is 11.5 Å². The van der Waals surface area contributed by atoms with Gasteiger partial charge in [0.25, 0.3) is 11.8 Å². The number of hydrogen-bond donors (Lipinski definition) is 2. The lowest BCUT2D eigenvalue weighted by molar-refractivity contribution is 0.101. The van der Waals surface area contributed by atoms with Crippen LogP contribution < -0.4 is 10.6 Å². The van der Waals surface area contributed by atoms with Gasteiger partial charge in [-0.3, -0.25) is 19.0 Å². The Hall–Kier alpha value is -5.14. The lowest BCUT2D eigenvalue weighted by Gasteiger charge is -2.08. The minimum Gasteiger partial charge on any atom is -0.318 e. The average Bonchev–Trinajstić information content (AvgIpc) is 3.66. The van der Waals surface area contributed by atoms with Crippen LogP contribution in [0.1, 0.15) is 26.7 Å². The second-order valence-corrected chi connectivity index (χ2v) is 7.94. The van der Waals surface area contributed by atoms with Crippen molar-refractivity contribution < 1.29 is 9.59 Å². The molecule has 0 radical (unpaired) electrons. The topological polar surface area (TPSA) is 155 Å². The third-order valence-electron chi connectivity index (χ3n) is 5.51. The lowest BCUT2D eigenvalue weighted by Crippen LogP contribution is -2.21. The SMILES string of the molecule is Cc1c(NC(=O)c2c(NC(=O)c3ccn(Cn4nnc(-c5ccccc5)n4)n3)cnn2C)cnn1C. The van der Waals surface area contributed by atoms with Gasteiger partial charge in [-0.15, -0.1) is 15.0 Å². The van der Waals surface area contributed by atoms with E-state index in [2.05, 4.69) is 41.3 Å². The standard InChI is InChI=1S/C22H22N12O2/c1-14-17(11-23-31(14)2)25-22(36)19-18(12-24-32(19)3)26-21(35)16-9-10-33(28-16)13-34-29-20(27-30-34)15-7-5-4-6-8-15/h4-12H,13H2,1-3H3,(H,25,36)(H,26,35). The minimum atomic E-state index is -0.495. The molecular formula is C22H22N12O2. The minimum absolute atomic E-state index is 0.150. The van der Waals surface area contributed by atoms with Crippen LogP contribution in [0.3, 0.4) is 0 Å². The van der Waals surface area contributed by atoms with E-state index in [4.69, 9.17) is 0 Å². The predicted molar refractivity (Wildman–Crippen MR) is 128 cm³/mol. The molecule has 182 valence electrons. The molecule has 2 N–H and O–H groups in total. The van der Waals surface area contributed by atoms with Crippen LogP contribution in [-0.2, 0) is 20.8 Å². The van der Waals surface area contributed by atoms with Crippen molar-refractivity contribution >= 4 is 23.2 Å². The van der Waals surface area contributed by atoms with E-state index >= 15 is 0 Å². The Morgan fingerprint density at radius 1 is 0.889 bits per heavy atom. The highest BCUT2D eigenvalue weighted by atomic mass is 16.2. The fourth-order valence-corrected chi connectivity index (χ4v) is 3.48. The highest BCUT2D eigenvalue weighted by Crippen LogP contribution is 2.19. The quantitative estimate of drug-likeness (QED) is 0.349. The normalized spacial score (nSPS) is 11.0. The zero-order chi connectivity index (χ0) is 25.2. The second-order valence-electron chi connectivity index (χ2n) is 7.94. The van der Waals surface area contributed by atoms with Crippen molar-refractivity contribution in [2.45, 2.75) is 13.6 Å². The zero-order valence-electron chi connectivity index (χ0n) is 19.7. The molecule has 0 aliphatic heterocycles. The van der Waals surface area contributed by atoms with Crippen molar-refractivity contribution in [3.63, 3.8) is 0 Å². The van der Waals surface area contributed by atoms with Gasteiger partial charge in [0.05, 0.1) is 29.5 Å². The molecule has 0 spiro atoms. The van der Waals surface area contributed by atoms with Crippen molar-refractivity contribution in [2.75, 3.05) is 10.6 Å². The summed E-state index contributed by atoms with van der Waals surface area (Å²) in [6, 6.07) is 11.0. The highest BCUT2D eigenvalue weighted by Gasteiger charge is 2.21. The van der Waals surface area contributed by atoms with Crippen LogP contribution >= 0.6 is 0 Å². The molecule has 14 heteroatoms. The maximum absolute atomic E-state index is 12.9. The van der Waals surface area contributed by atoms with Crippen LogP contribution in [0, 0.1) is 6.92 Å². The molecule has 2 amide bonds. The van der Waals surface area contributed by atoms with E-state index in [1.165, 1.54) is 20.4 Å². The molecule has 0 fully saturated rings. The zero-order valence-corrected chi connectivity index (χ0v) is 19.7. The molecule has 0 aliphatic carbocycles. The largest absolute Gasteiger partial charge is 0.318 e. The summed E-state index contributed by atoms with van der Waals surface area (Å²) in [4.78, 5) is 27.1. The van der Waals surface area contributed by atoms with Crippen molar-refractivity contribution in [3.05, 3.63) is 72.1 Å². The molecule has 5 aromatic rings. The summed E-state index contributed by atoms with van der Waals surface area (Å²) < 4.78 is 4.54. The smallest absolute Gasteiger partial charge is 0.276 e. The third-order valence-corrected chi connectivity index (χ3v) is 5.51. The van der Waals surface area contributed by atoms with Crippen molar-refractivity contribution in [1.29, 1.82) is 0 Å². The third kappa shape index (κ3) is 4.46. The van der Waals surface area contributed by atoms with Crippen LogP contribution in [-0.4, -0.2) is 61.4 Å². The molecule has 0 saturated carbocycles. The van der Waals surface area contributed by atoms with Gasteiger partial charge >= 0.3 is 0 Å². The molecule has 0 saturated heterocycles. The summed E-state index contributed by atoms with van der Waals surface area (Å²) in [6.07, 6.45) is 4.59. The molecule has 4 heterocycles. The van der Waals surface area contributed by atoms with Gasteiger partial charge in [0, 0.05) is 25.9 Å². The van der Waals surface area contributed by atoms with E-state index in [9.17, 15) is 9.59 Å². The Labute approximate surface area is 204 Å². The summed E-state index contributed by atoms with van der Waals surface area (Å²) in [5.41, 5.74) is 2.79.